The number of thiophene rings is 1. The predicted molar refractivity (Wildman–Crippen MR) is 81.6 cm³/mol. The molecule has 108 valence electrons. The molecule has 0 aliphatic carbocycles. The second-order valence-corrected chi connectivity index (χ2v) is 7.78. The largest absolute Gasteiger partial charge is 0.306 e. The Bertz CT molecular complexity index is 630. The average molecular weight is 429 g/mol. The molecule has 0 bridgehead atoms. The summed E-state index contributed by atoms with van der Waals surface area (Å²) in [6, 6.07) is 3.47. The maximum absolute atomic E-state index is 14.0. The van der Waals surface area contributed by atoms with Gasteiger partial charge in [0.2, 0.25) is 0 Å². The smallest absolute Gasteiger partial charge is 0.194 e. The van der Waals surface area contributed by atoms with Crippen molar-refractivity contribution in [2.24, 2.45) is 0 Å². The standard InChI is InChI=1S/C13H10Br2F3NS/c1-2-19-12(7-5-9(14)20-13(7)15)6-3-4-8(16)11(18)10(6)17/h3-5,12,19H,2H2,1H3. The molecule has 1 aromatic heterocycles. The second kappa shape index (κ2) is 6.60. The van der Waals surface area contributed by atoms with Gasteiger partial charge in [0.15, 0.2) is 17.5 Å². The molecule has 1 nitrogen and oxygen atoms in total. The summed E-state index contributed by atoms with van der Waals surface area (Å²) in [5, 5.41) is 3.08. The van der Waals surface area contributed by atoms with Crippen LogP contribution in [0.25, 0.3) is 0 Å². The third-order valence-corrected chi connectivity index (χ3v) is 5.16. The molecule has 20 heavy (non-hydrogen) atoms. The maximum Gasteiger partial charge on any atom is 0.194 e. The Kier molecular flexibility index (Phi) is 5.28. The van der Waals surface area contributed by atoms with Gasteiger partial charge in [-0.1, -0.05) is 13.0 Å². The van der Waals surface area contributed by atoms with E-state index >= 15 is 0 Å². The molecule has 0 spiro atoms. The Morgan fingerprint density at radius 2 is 1.85 bits per heavy atom. The molecule has 1 heterocycles. The van der Waals surface area contributed by atoms with Gasteiger partial charge in [-0.3, -0.25) is 0 Å². The highest BCUT2D eigenvalue weighted by molar-refractivity contribution is 9.12. The minimum Gasteiger partial charge on any atom is -0.306 e. The fourth-order valence-corrected chi connectivity index (χ4v) is 4.81. The summed E-state index contributed by atoms with van der Waals surface area (Å²) in [7, 11) is 0. The second-order valence-electron chi connectivity index (χ2n) is 4.03. The van der Waals surface area contributed by atoms with Crippen LogP contribution in [0.1, 0.15) is 24.1 Å². The molecule has 7 heteroatoms. The molecule has 1 unspecified atom stereocenters. The Morgan fingerprint density at radius 3 is 2.40 bits per heavy atom. The lowest BCUT2D eigenvalue weighted by Crippen LogP contribution is -2.23. The SMILES string of the molecule is CCNC(c1cc(Br)sc1Br)c1ccc(F)c(F)c1F. The first-order valence-corrected chi connectivity index (χ1v) is 8.17. The van der Waals surface area contributed by atoms with Gasteiger partial charge in [0, 0.05) is 5.56 Å². The number of nitrogens with one attached hydrogen (secondary N) is 1. The van der Waals surface area contributed by atoms with Crippen LogP contribution in [0.3, 0.4) is 0 Å². The third kappa shape index (κ3) is 3.10. The van der Waals surface area contributed by atoms with Gasteiger partial charge in [-0.25, -0.2) is 13.2 Å². The summed E-state index contributed by atoms with van der Waals surface area (Å²) in [4.78, 5) is 0. The third-order valence-electron chi connectivity index (χ3n) is 2.78. The summed E-state index contributed by atoms with van der Waals surface area (Å²) in [5.41, 5.74) is 0.852. The van der Waals surface area contributed by atoms with Gasteiger partial charge in [-0.2, -0.15) is 0 Å². The molecule has 0 aliphatic heterocycles. The predicted octanol–water partition coefficient (Wildman–Crippen LogP) is 5.39. The van der Waals surface area contributed by atoms with Crippen LogP contribution < -0.4 is 5.32 Å². The summed E-state index contributed by atoms with van der Waals surface area (Å²) in [5.74, 6) is -3.80. The van der Waals surface area contributed by atoms with Crippen LogP contribution in [0.5, 0.6) is 0 Å². The van der Waals surface area contributed by atoms with Gasteiger partial charge in [0.1, 0.15) is 0 Å². The lowest BCUT2D eigenvalue weighted by molar-refractivity contribution is 0.433. The molecule has 0 saturated heterocycles. The van der Waals surface area contributed by atoms with Gasteiger partial charge < -0.3 is 5.32 Å². The van der Waals surface area contributed by atoms with Crippen molar-refractivity contribution in [2.75, 3.05) is 6.54 Å². The van der Waals surface area contributed by atoms with Crippen molar-refractivity contribution in [3.05, 3.63) is 54.4 Å². The van der Waals surface area contributed by atoms with Crippen LogP contribution in [0.2, 0.25) is 0 Å². The van der Waals surface area contributed by atoms with Crippen molar-refractivity contribution in [1.29, 1.82) is 0 Å². The zero-order valence-electron chi connectivity index (χ0n) is 10.3. The number of benzene rings is 1. The molecule has 0 fully saturated rings. The van der Waals surface area contributed by atoms with Crippen molar-refractivity contribution in [2.45, 2.75) is 13.0 Å². The van der Waals surface area contributed by atoms with E-state index in [-0.39, 0.29) is 5.56 Å². The number of rotatable bonds is 4. The summed E-state index contributed by atoms with van der Waals surface area (Å²) < 4.78 is 42.1. The van der Waals surface area contributed by atoms with E-state index in [9.17, 15) is 13.2 Å². The van der Waals surface area contributed by atoms with E-state index in [1.165, 1.54) is 17.4 Å². The molecular formula is C13H10Br2F3NS. The average Bonchev–Trinajstić information content (AvgIpc) is 2.73. The highest BCUT2D eigenvalue weighted by Gasteiger charge is 2.24. The van der Waals surface area contributed by atoms with Gasteiger partial charge in [-0.15, -0.1) is 11.3 Å². The zero-order chi connectivity index (χ0) is 14.9. The minimum atomic E-state index is -1.45. The number of halogens is 5. The van der Waals surface area contributed by atoms with E-state index < -0.39 is 23.5 Å². The molecule has 1 aromatic carbocycles. The molecule has 1 atom stereocenters. The summed E-state index contributed by atoms with van der Waals surface area (Å²) in [6.45, 7) is 2.42. The lowest BCUT2D eigenvalue weighted by atomic mass is 10.0. The zero-order valence-corrected chi connectivity index (χ0v) is 14.3. The van der Waals surface area contributed by atoms with E-state index in [4.69, 9.17) is 0 Å². The van der Waals surface area contributed by atoms with E-state index in [0.29, 0.717) is 6.54 Å². The van der Waals surface area contributed by atoms with Gasteiger partial charge >= 0.3 is 0 Å². The molecule has 2 aromatic rings. The van der Waals surface area contributed by atoms with Crippen molar-refractivity contribution in [3.63, 3.8) is 0 Å². The molecule has 0 amide bonds. The molecule has 0 saturated carbocycles. The first kappa shape index (κ1) is 16.0. The van der Waals surface area contributed by atoms with E-state index in [1.54, 1.807) is 0 Å². The number of hydrogen-bond acceptors (Lipinski definition) is 2. The Morgan fingerprint density at radius 1 is 1.15 bits per heavy atom. The fraction of sp³-hybridized carbons (Fsp3) is 0.231. The Balaban J connectivity index is 2.54. The number of hydrogen-bond donors (Lipinski definition) is 1. The topological polar surface area (TPSA) is 12.0 Å². The molecule has 2 rings (SSSR count). The Labute approximate surface area is 135 Å². The first-order valence-electron chi connectivity index (χ1n) is 5.77. The van der Waals surface area contributed by atoms with Crippen LogP contribution in [0.4, 0.5) is 13.2 Å². The van der Waals surface area contributed by atoms with Crippen molar-refractivity contribution in [3.8, 4) is 0 Å². The summed E-state index contributed by atoms with van der Waals surface area (Å²) >= 11 is 8.19. The van der Waals surface area contributed by atoms with Crippen molar-refractivity contribution >= 4 is 43.2 Å². The van der Waals surface area contributed by atoms with Crippen LogP contribution in [-0.4, -0.2) is 6.54 Å². The Hall–Kier alpha value is -0.370. The molecule has 1 N–H and O–H groups in total. The van der Waals surface area contributed by atoms with Crippen LogP contribution in [-0.2, 0) is 0 Å². The van der Waals surface area contributed by atoms with E-state index in [1.807, 2.05) is 13.0 Å². The quantitative estimate of drug-likeness (QED) is 0.643. The van der Waals surface area contributed by atoms with Gasteiger partial charge in [0.25, 0.3) is 0 Å². The first-order chi connectivity index (χ1) is 9.45. The monoisotopic (exact) mass is 427 g/mol. The highest BCUT2D eigenvalue weighted by atomic mass is 79.9. The van der Waals surface area contributed by atoms with Crippen LogP contribution >= 0.6 is 43.2 Å². The van der Waals surface area contributed by atoms with Crippen LogP contribution in [0, 0.1) is 17.5 Å². The maximum atomic E-state index is 14.0. The fourth-order valence-electron chi connectivity index (χ4n) is 1.91. The highest BCUT2D eigenvalue weighted by Crippen LogP contribution is 2.38. The normalized spacial score (nSPS) is 12.7. The van der Waals surface area contributed by atoms with Gasteiger partial charge in [-0.05, 0) is 56.1 Å². The molecule has 0 aliphatic rings. The van der Waals surface area contributed by atoms with Crippen molar-refractivity contribution < 1.29 is 13.2 Å². The van der Waals surface area contributed by atoms with Crippen LogP contribution in [0.15, 0.2) is 25.8 Å². The van der Waals surface area contributed by atoms with E-state index in [2.05, 4.69) is 37.2 Å². The van der Waals surface area contributed by atoms with Gasteiger partial charge in [0.05, 0.1) is 13.6 Å². The summed E-state index contributed by atoms with van der Waals surface area (Å²) in [6.07, 6.45) is 0. The lowest BCUT2D eigenvalue weighted by Gasteiger charge is -2.19. The molecular weight excluding hydrogens is 419 g/mol. The van der Waals surface area contributed by atoms with E-state index in [0.717, 1.165) is 19.2 Å². The minimum absolute atomic E-state index is 0.0803. The van der Waals surface area contributed by atoms with Crippen molar-refractivity contribution in [1.82, 2.24) is 5.32 Å². The molecule has 0 radical (unpaired) electrons.